The van der Waals surface area contributed by atoms with Crippen LogP contribution in [0.4, 0.5) is 0 Å². The maximum atomic E-state index is 13.0. The molecular weight excluding hydrogens is 304 g/mol. The molecule has 2 aliphatic rings. The van der Waals surface area contributed by atoms with Crippen molar-refractivity contribution in [2.75, 3.05) is 20.1 Å². The fourth-order valence-corrected chi connectivity index (χ4v) is 3.87. The Morgan fingerprint density at radius 2 is 2.12 bits per heavy atom. The van der Waals surface area contributed by atoms with Gasteiger partial charge in [0.25, 0.3) is 0 Å². The van der Waals surface area contributed by atoms with Gasteiger partial charge >= 0.3 is 0 Å². The second kappa shape index (κ2) is 5.92. The van der Waals surface area contributed by atoms with Gasteiger partial charge in [0.1, 0.15) is 5.82 Å². The van der Waals surface area contributed by atoms with Crippen LogP contribution in [-0.2, 0) is 9.59 Å². The van der Waals surface area contributed by atoms with E-state index in [1.807, 2.05) is 29.2 Å². The van der Waals surface area contributed by atoms with Crippen LogP contribution in [0.15, 0.2) is 24.3 Å². The molecule has 2 aliphatic heterocycles. The van der Waals surface area contributed by atoms with Gasteiger partial charge in [0, 0.05) is 26.6 Å². The summed E-state index contributed by atoms with van der Waals surface area (Å²) in [5, 5.41) is 0. The number of rotatable bonds is 2. The monoisotopic (exact) mass is 326 g/mol. The second-order valence-corrected chi connectivity index (χ2v) is 6.86. The fourth-order valence-electron chi connectivity index (χ4n) is 3.87. The van der Waals surface area contributed by atoms with Crippen LogP contribution in [0, 0.1) is 5.92 Å². The van der Waals surface area contributed by atoms with Gasteiger partial charge in [0.05, 0.1) is 23.0 Å². The number of imidazole rings is 1. The van der Waals surface area contributed by atoms with Crippen LogP contribution in [-0.4, -0.2) is 51.7 Å². The Bertz CT molecular complexity index is 751. The van der Waals surface area contributed by atoms with Crippen LogP contribution in [0.25, 0.3) is 11.0 Å². The number of H-pyrrole nitrogens is 1. The van der Waals surface area contributed by atoms with Crippen LogP contribution in [0.2, 0.25) is 0 Å². The van der Waals surface area contributed by atoms with Crippen molar-refractivity contribution in [3.05, 3.63) is 30.1 Å². The van der Waals surface area contributed by atoms with Crippen LogP contribution in [0.1, 0.15) is 37.5 Å². The minimum atomic E-state index is -0.215. The van der Waals surface area contributed by atoms with E-state index in [9.17, 15) is 9.59 Å². The highest BCUT2D eigenvalue weighted by molar-refractivity contribution is 5.89. The third kappa shape index (κ3) is 2.56. The van der Waals surface area contributed by atoms with Gasteiger partial charge in [-0.25, -0.2) is 4.98 Å². The molecule has 126 valence electrons. The Kier molecular flexibility index (Phi) is 3.75. The maximum absolute atomic E-state index is 13.0. The molecule has 24 heavy (non-hydrogen) atoms. The number of piperidine rings is 1. The van der Waals surface area contributed by atoms with Crippen molar-refractivity contribution < 1.29 is 9.59 Å². The number of fused-ring (bicyclic) bond motifs is 1. The SMILES string of the molecule is CN1CC(C(=O)N2CCCCC2c2nc3ccccc3[nH]2)CC1=O. The van der Waals surface area contributed by atoms with Gasteiger partial charge < -0.3 is 14.8 Å². The summed E-state index contributed by atoms with van der Waals surface area (Å²) >= 11 is 0. The highest BCUT2D eigenvalue weighted by Crippen LogP contribution is 2.33. The molecule has 2 unspecified atom stereocenters. The number of carbonyl (C=O) groups is 2. The lowest BCUT2D eigenvalue weighted by Gasteiger charge is -2.36. The zero-order chi connectivity index (χ0) is 16.7. The third-order valence-electron chi connectivity index (χ3n) is 5.20. The molecule has 0 aliphatic carbocycles. The summed E-state index contributed by atoms with van der Waals surface area (Å²) in [5.74, 6) is 0.804. The highest BCUT2D eigenvalue weighted by Gasteiger charge is 2.38. The van der Waals surface area contributed by atoms with Crippen LogP contribution in [0.3, 0.4) is 0 Å². The molecule has 1 N–H and O–H groups in total. The van der Waals surface area contributed by atoms with Gasteiger partial charge in [-0.15, -0.1) is 0 Å². The molecule has 0 bridgehead atoms. The molecule has 1 aromatic carbocycles. The van der Waals surface area contributed by atoms with Gasteiger partial charge in [-0.05, 0) is 31.4 Å². The van der Waals surface area contributed by atoms with E-state index in [2.05, 4.69) is 4.98 Å². The zero-order valence-electron chi connectivity index (χ0n) is 13.9. The van der Waals surface area contributed by atoms with Gasteiger partial charge in [0.15, 0.2) is 0 Å². The highest BCUT2D eigenvalue weighted by atomic mass is 16.2. The molecule has 2 saturated heterocycles. The van der Waals surface area contributed by atoms with Crippen molar-refractivity contribution in [2.24, 2.45) is 5.92 Å². The number of hydrogen-bond acceptors (Lipinski definition) is 3. The average Bonchev–Trinajstić information content (AvgIpc) is 3.18. The molecular formula is C18H22N4O2. The van der Waals surface area contributed by atoms with Crippen molar-refractivity contribution in [2.45, 2.75) is 31.7 Å². The molecule has 2 aromatic rings. The molecule has 6 heteroatoms. The number of aromatic amines is 1. The first-order chi connectivity index (χ1) is 11.6. The Morgan fingerprint density at radius 3 is 2.88 bits per heavy atom. The normalized spacial score (nSPS) is 24.8. The largest absolute Gasteiger partial charge is 0.345 e. The number of carbonyl (C=O) groups excluding carboxylic acids is 2. The van der Waals surface area contributed by atoms with Crippen molar-refractivity contribution >= 4 is 22.8 Å². The first-order valence-electron chi connectivity index (χ1n) is 8.62. The van der Waals surface area contributed by atoms with E-state index < -0.39 is 0 Å². The molecule has 0 radical (unpaired) electrons. The summed E-state index contributed by atoms with van der Waals surface area (Å²) in [6, 6.07) is 7.92. The summed E-state index contributed by atoms with van der Waals surface area (Å²) in [6.45, 7) is 1.27. The summed E-state index contributed by atoms with van der Waals surface area (Å²) in [5.41, 5.74) is 1.93. The Labute approximate surface area is 140 Å². The number of para-hydroxylation sites is 2. The van der Waals surface area contributed by atoms with Crippen LogP contribution < -0.4 is 0 Å². The Hall–Kier alpha value is -2.37. The zero-order valence-corrected chi connectivity index (χ0v) is 13.9. The molecule has 2 fully saturated rings. The van der Waals surface area contributed by atoms with E-state index >= 15 is 0 Å². The molecule has 2 amide bonds. The van der Waals surface area contributed by atoms with Gasteiger partial charge in [-0.3, -0.25) is 9.59 Å². The van der Waals surface area contributed by atoms with E-state index in [1.54, 1.807) is 11.9 Å². The molecule has 2 atom stereocenters. The van der Waals surface area contributed by atoms with Crippen LogP contribution >= 0.6 is 0 Å². The van der Waals surface area contributed by atoms with Gasteiger partial charge in [-0.1, -0.05) is 12.1 Å². The van der Waals surface area contributed by atoms with E-state index in [0.29, 0.717) is 13.0 Å². The number of nitrogens with zero attached hydrogens (tertiary/aromatic N) is 3. The number of aromatic nitrogens is 2. The van der Waals surface area contributed by atoms with E-state index in [0.717, 1.165) is 42.7 Å². The minimum Gasteiger partial charge on any atom is -0.345 e. The smallest absolute Gasteiger partial charge is 0.228 e. The summed E-state index contributed by atoms with van der Waals surface area (Å²) in [7, 11) is 1.77. The molecule has 6 nitrogen and oxygen atoms in total. The number of hydrogen-bond donors (Lipinski definition) is 1. The predicted octanol–water partition coefficient (Wildman–Crippen LogP) is 2.09. The lowest BCUT2D eigenvalue weighted by molar-refractivity contribution is -0.139. The van der Waals surface area contributed by atoms with Gasteiger partial charge in [-0.2, -0.15) is 0 Å². The molecule has 4 rings (SSSR count). The van der Waals surface area contributed by atoms with Crippen molar-refractivity contribution in [3.8, 4) is 0 Å². The van der Waals surface area contributed by atoms with E-state index in [-0.39, 0.29) is 23.8 Å². The lowest BCUT2D eigenvalue weighted by Crippen LogP contribution is -2.42. The number of nitrogens with one attached hydrogen (secondary N) is 1. The van der Waals surface area contributed by atoms with Crippen molar-refractivity contribution in [1.29, 1.82) is 0 Å². The standard InChI is InChI=1S/C18H22N4O2/c1-21-11-12(10-16(21)23)18(24)22-9-5-4-8-15(22)17-19-13-6-2-3-7-14(13)20-17/h2-3,6-7,12,15H,4-5,8-11H2,1H3,(H,19,20). The molecule has 0 spiro atoms. The Balaban J connectivity index is 1.61. The number of benzene rings is 1. The molecule has 1 aromatic heterocycles. The van der Waals surface area contributed by atoms with Crippen molar-refractivity contribution in [3.63, 3.8) is 0 Å². The fraction of sp³-hybridized carbons (Fsp3) is 0.500. The van der Waals surface area contributed by atoms with Gasteiger partial charge in [0.2, 0.25) is 11.8 Å². The number of amides is 2. The predicted molar refractivity (Wildman–Crippen MR) is 90.1 cm³/mol. The summed E-state index contributed by atoms with van der Waals surface area (Å²) in [4.78, 5) is 36.4. The number of likely N-dealkylation sites (tertiary alicyclic amines) is 2. The third-order valence-corrected chi connectivity index (χ3v) is 5.20. The van der Waals surface area contributed by atoms with Crippen molar-refractivity contribution in [1.82, 2.24) is 19.8 Å². The summed E-state index contributed by atoms with van der Waals surface area (Å²) < 4.78 is 0. The lowest BCUT2D eigenvalue weighted by atomic mass is 9.98. The molecule has 3 heterocycles. The average molecular weight is 326 g/mol. The van der Waals surface area contributed by atoms with Crippen LogP contribution in [0.5, 0.6) is 0 Å². The first kappa shape index (κ1) is 15.2. The Morgan fingerprint density at radius 1 is 1.29 bits per heavy atom. The minimum absolute atomic E-state index is 0.0142. The summed E-state index contributed by atoms with van der Waals surface area (Å²) in [6.07, 6.45) is 3.36. The second-order valence-electron chi connectivity index (χ2n) is 6.86. The maximum Gasteiger partial charge on any atom is 0.228 e. The first-order valence-corrected chi connectivity index (χ1v) is 8.62. The topological polar surface area (TPSA) is 69.3 Å². The van der Waals surface area contributed by atoms with E-state index in [1.165, 1.54) is 0 Å². The molecule has 0 saturated carbocycles. The van der Waals surface area contributed by atoms with E-state index in [4.69, 9.17) is 4.98 Å². The quantitative estimate of drug-likeness (QED) is 0.919.